The summed E-state index contributed by atoms with van der Waals surface area (Å²) in [4.78, 5) is 19.7. The molecule has 0 aliphatic carbocycles. The lowest BCUT2D eigenvalue weighted by Crippen LogP contribution is -2.30. The number of para-hydroxylation sites is 2. The number of sulfonamides is 1. The Morgan fingerprint density at radius 3 is 2.62 bits per heavy atom. The highest BCUT2D eigenvalue weighted by Gasteiger charge is 2.20. The van der Waals surface area contributed by atoms with Crippen LogP contribution in [0.1, 0.15) is 18.7 Å². The molecule has 29 heavy (non-hydrogen) atoms. The van der Waals surface area contributed by atoms with Crippen molar-refractivity contribution >= 4 is 27.0 Å². The van der Waals surface area contributed by atoms with Gasteiger partial charge in [-0.2, -0.15) is 0 Å². The third kappa shape index (κ3) is 5.39. The van der Waals surface area contributed by atoms with Gasteiger partial charge in [0.05, 0.1) is 15.9 Å². The number of amides is 1. The van der Waals surface area contributed by atoms with E-state index in [0.717, 1.165) is 29.0 Å². The van der Waals surface area contributed by atoms with Gasteiger partial charge in [0.2, 0.25) is 15.9 Å². The number of hydrogen-bond donors (Lipinski definition) is 2. The summed E-state index contributed by atoms with van der Waals surface area (Å²) in [6, 6.07) is 12.4. The van der Waals surface area contributed by atoms with Crippen molar-refractivity contribution < 1.29 is 17.6 Å². The van der Waals surface area contributed by atoms with E-state index in [4.69, 9.17) is 0 Å². The van der Waals surface area contributed by atoms with Crippen molar-refractivity contribution in [1.29, 1.82) is 0 Å². The van der Waals surface area contributed by atoms with Crippen molar-refractivity contribution in [2.24, 2.45) is 0 Å². The van der Waals surface area contributed by atoms with E-state index in [0.29, 0.717) is 19.4 Å². The average molecular weight is 418 g/mol. The Morgan fingerprint density at radius 2 is 1.90 bits per heavy atom. The van der Waals surface area contributed by atoms with E-state index < -0.39 is 15.8 Å². The van der Waals surface area contributed by atoms with Crippen molar-refractivity contribution in [2.75, 3.05) is 20.1 Å². The van der Waals surface area contributed by atoms with Crippen LogP contribution < -0.4 is 5.32 Å². The number of imidazole rings is 1. The minimum Gasteiger partial charge on any atom is -0.356 e. The SMILES string of the molecule is CN(CCCC(=O)NCCc1nc2ccccc2[nH]1)S(=O)(=O)c1ccc(F)cc1. The standard InChI is InChI=1S/C20H23FN4O3S/c1-25(29(27,28)16-10-8-15(21)9-11-16)14-4-7-20(26)22-13-12-19-23-17-5-2-3-6-18(17)24-19/h2-3,5-6,8-11H,4,7,12-14H2,1H3,(H,22,26)(H,23,24). The molecule has 0 aliphatic rings. The monoisotopic (exact) mass is 418 g/mol. The number of aromatic amines is 1. The Bertz CT molecular complexity index is 1050. The number of benzene rings is 2. The Kier molecular flexibility index (Phi) is 6.60. The second-order valence-electron chi connectivity index (χ2n) is 6.68. The van der Waals surface area contributed by atoms with Crippen LogP contribution in [0.5, 0.6) is 0 Å². The first-order valence-electron chi connectivity index (χ1n) is 9.28. The maximum Gasteiger partial charge on any atom is 0.242 e. The van der Waals surface area contributed by atoms with Gasteiger partial charge in [0.1, 0.15) is 11.6 Å². The topological polar surface area (TPSA) is 95.2 Å². The van der Waals surface area contributed by atoms with Gasteiger partial charge in [-0.15, -0.1) is 0 Å². The molecule has 154 valence electrons. The van der Waals surface area contributed by atoms with Crippen LogP contribution in [-0.2, 0) is 21.2 Å². The molecule has 2 aromatic carbocycles. The summed E-state index contributed by atoms with van der Waals surface area (Å²) in [5.74, 6) is 0.163. The highest BCUT2D eigenvalue weighted by molar-refractivity contribution is 7.89. The average Bonchev–Trinajstić information content (AvgIpc) is 3.11. The number of H-pyrrole nitrogens is 1. The lowest BCUT2D eigenvalue weighted by Gasteiger charge is -2.17. The fourth-order valence-electron chi connectivity index (χ4n) is 2.90. The fourth-order valence-corrected chi connectivity index (χ4v) is 4.11. The maximum atomic E-state index is 13.0. The molecule has 0 bridgehead atoms. The molecular formula is C20H23FN4O3S. The van der Waals surface area contributed by atoms with Crippen molar-refractivity contribution in [1.82, 2.24) is 19.6 Å². The highest BCUT2D eigenvalue weighted by atomic mass is 32.2. The van der Waals surface area contributed by atoms with E-state index in [1.165, 1.54) is 23.5 Å². The summed E-state index contributed by atoms with van der Waals surface area (Å²) in [6.07, 6.45) is 1.18. The van der Waals surface area contributed by atoms with Crippen LogP contribution in [0.2, 0.25) is 0 Å². The van der Waals surface area contributed by atoms with E-state index in [1.807, 2.05) is 24.3 Å². The van der Waals surface area contributed by atoms with Gasteiger partial charge in [-0.3, -0.25) is 4.79 Å². The first-order valence-corrected chi connectivity index (χ1v) is 10.7. The van der Waals surface area contributed by atoms with Crippen LogP contribution in [0.15, 0.2) is 53.4 Å². The zero-order chi connectivity index (χ0) is 20.9. The van der Waals surface area contributed by atoms with Crippen LogP contribution >= 0.6 is 0 Å². The lowest BCUT2D eigenvalue weighted by molar-refractivity contribution is -0.121. The third-order valence-electron chi connectivity index (χ3n) is 4.52. The zero-order valence-electron chi connectivity index (χ0n) is 16.1. The molecule has 0 radical (unpaired) electrons. The lowest BCUT2D eigenvalue weighted by atomic mass is 10.3. The van der Waals surface area contributed by atoms with Crippen LogP contribution in [0, 0.1) is 5.82 Å². The van der Waals surface area contributed by atoms with Gasteiger partial charge in [0.25, 0.3) is 0 Å². The molecule has 0 saturated heterocycles. The van der Waals surface area contributed by atoms with E-state index in [9.17, 15) is 17.6 Å². The molecule has 0 fully saturated rings. The van der Waals surface area contributed by atoms with E-state index in [1.54, 1.807) is 0 Å². The minimum absolute atomic E-state index is 0.0247. The van der Waals surface area contributed by atoms with Crippen LogP contribution in [0.4, 0.5) is 4.39 Å². The van der Waals surface area contributed by atoms with Gasteiger partial charge in [-0.25, -0.2) is 22.1 Å². The predicted molar refractivity (Wildman–Crippen MR) is 108 cm³/mol. The molecule has 1 amide bonds. The summed E-state index contributed by atoms with van der Waals surface area (Å²) in [6.45, 7) is 0.638. The highest BCUT2D eigenvalue weighted by Crippen LogP contribution is 2.15. The molecule has 0 aliphatic heterocycles. The maximum absolute atomic E-state index is 13.0. The predicted octanol–water partition coefficient (Wildman–Crippen LogP) is 2.46. The van der Waals surface area contributed by atoms with Crippen molar-refractivity contribution in [3.8, 4) is 0 Å². The number of nitrogens with one attached hydrogen (secondary N) is 2. The van der Waals surface area contributed by atoms with Gasteiger partial charge >= 0.3 is 0 Å². The molecule has 0 atom stereocenters. The Morgan fingerprint density at radius 1 is 1.17 bits per heavy atom. The molecule has 1 aromatic heterocycles. The number of halogens is 1. The zero-order valence-corrected chi connectivity index (χ0v) is 16.9. The van der Waals surface area contributed by atoms with E-state index in [-0.39, 0.29) is 23.8 Å². The van der Waals surface area contributed by atoms with E-state index in [2.05, 4.69) is 15.3 Å². The first-order chi connectivity index (χ1) is 13.9. The quantitative estimate of drug-likeness (QED) is 0.558. The molecule has 0 unspecified atom stereocenters. The van der Waals surface area contributed by atoms with Gasteiger partial charge in [0, 0.05) is 33.0 Å². The number of fused-ring (bicyclic) bond motifs is 1. The normalized spacial score (nSPS) is 11.8. The van der Waals surface area contributed by atoms with Gasteiger partial charge in [-0.1, -0.05) is 12.1 Å². The molecule has 0 spiro atoms. The number of carbonyl (C=O) groups excluding carboxylic acids is 1. The van der Waals surface area contributed by atoms with Gasteiger partial charge in [-0.05, 0) is 42.8 Å². The molecule has 0 saturated carbocycles. The minimum atomic E-state index is -3.70. The van der Waals surface area contributed by atoms with Gasteiger partial charge in [0.15, 0.2) is 0 Å². The molecule has 2 N–H and O–H groups in total. The number of rotatable bonds is 9. The van der Waals surface area contributed by atoms with Crippen molar-refractivity contribution in [3.05, 3.63) is 60.2 Å². The summed E-state index contributed by atoms with van der Waals surface area (Å²) in [5, 5.41) is 2.82. The Hall–Kier alpha value is -2.78. The number of aromatic nitrogens is 2. The van der Waals surface area contributed by atoms with Gasteiger partial charge < -0.3 is 10.3 Å². The van der Waals surface area contributed by atoms with Crippen LogP contribution in [-0.4, -0.2) is 48.7 Å². The fraction of sp³-hybridized carbons (Fsp3) is 0.300. The summed E-state index contributed by atoms with van der Waals surface area (Å²) >= 11 is 0. The molecule has 1 heterocycles. The smallest absolute Gasteiger partial charge is 0.242 e. The van der Waals surface area contributed by atoms with Crippen LogP contribution in [0.25, 0.3) is 11.0 Å². The van der Waals surface area contributed by atoms with E-state index >= 15 is 0 Å². The summed E-state index contributed by atoms with van der Waals surface area (Å²) < 4.78 is 39.0. The third-order valence-corrected chi connectivity index (χ3v) is 6.39. The second kappa shape index (κ2) is 9.15. The van der Waals surface area contributed by atoms with Crippen molar-refractivity contribution in [3.63, 3.8) is 0 Å². The van der Waals surface area contributed by atoms with Crippen molar-refractivity contribution in [2.45, 2.75) is 24.2 Å². The number of carbonyl (C=O) groups is 1. The number of hydrogen-bond acceptors (Lipinski definition) is 4. The molecule has 3 rings (SSSR count). The number of nitrogens with zero attached hydrogens (tertiary/aromatic N) is 2. The molecule has 3 aromatic rings. The molecule has 9 heteroatoms. The largest absolute Gasteiger partial charge is 0.356 e. The summed E-state index contributed by atoms with van der Waals surface area (Å²) in [7, 11) is -2.25. The second-order valence-corrected chi connectivity index (χ2v) is 8.73. The first kappa shape index (κ1) is 20.9. The Labute approximate surface area is 169 Å². The summed E-state index contributed by atoms with van der Waals surface area (Å²) in [5.41, 5.74) is 1.85. The molecule has 7 nitrogen and oxygen atoms in total. The Balaban J connectivity index is 1.40. The molecular weight excluding hydrogens is 395 g/mol. The van der Waals surface area contributed by atoms with Crippen LogP contribution in [0.3, 0.4) is 0 Å².